The lowest BCUT2D eigenvalue weighted by atomic mass is 9.95. The Balaban J connectivity index is 1.67. The van der Waals surface area contributed by atoms with Gasteiger partial charge in [0.2, 0.25) is 0 Å². The molecule has 0 aliphatic carbocycles. The maximum Gasteiger partial charge on any atom is 0.301 e. The maximum absolute atomic E-state index is 13.4. The third kappa shape index (κ3) is 4.65. The fraction of sp³-hybridized carbons (Fsp3) is 0.179. The fourth-order valence-electron chi connectivity index (χ4n) is 4.27. The van der Waals surface area contributed by atoms with Crippen LogP contribution in [-0.2, 0) is 9.59 Å². The van der Waals surface area contributed by atoms with Crippen LogP contribution in [-0.4, -0.2) is 35.0 Å². The number of hydrogen-bond donors (Lipinski definition) is 1. The second-order valence-corrected chi connectivity index (χ2v) is 9.68. The summed E-state index contributed by atoms with van der Waals surface area (Å²) < 4.78 is 12.0. The van der Waals surface area contributed by atoms with Gasteiger partial charge < -0.3 is 14.6 Å². The lowest BCUT2D eigenvalue weighted by Gasteiger charge is -2.23. The van der Waals surface area contributed by atoms with Crippen LogP contribution in [0, 0.1) is 0 Å². The number of carbonyl (C=O) groups is 2. The van der Waals surface area contributed by atoms with Gasteiger partial charge in [-0.05, 0) is 74.0 Å². The van der Waals surface area contributed by atoms with Crippen molar-refractivity contribution < 1.29 is 24.2 Å². The largest absolute Gasteiger partial charge is 0.507 e. The predicted molar refractivity (Wildman–Crippen MR) is 145 cm³/mol. The van der Waals surface area contributed by atoms with Gasteiger partial charge in [-0.25, -0.2) is 4.98 Å². The minimum atomic E-state index is -0.890. The van der Waals surface area contributed by atoms with Gasteiger partial charge in [0.05, 0.1) is 35.0 Å². The number of ketones is 1. The average molecular weight is 535 g/mol. The number of anilines is 1. The van der Waals surface area contributed by atoms with Crippen LogP contribution >= 0.6 is 22.9 Å². The fourth-order valence-corrected chi connectivity index (χ4v) is 5.42. The van der Waals surface area contributed by atoms with Gasteiger partial charge in [-0.2, -0.15) is 0 Å². The van der Waals surface area contributed by atoms with Crippen molar-refractivity contribution in [1.82, 2.24) is 4.98 Å². The highest BCUT2D eigenvalue weighted by Crippen LogP contribution is 2.45. The smallest absolute Gasteiger partial charge is 0.301 e. The standard InChI is InChI=1S/C28H23ClN2O5S/c1-3-35-19-11-7-16(8-12-19)24-23(25(32)17-5-9-18(29)10-6-17)26(33)27(34)31(24)28-30-21-14-13-20(36-4-2)15-22(21)37-28/h5-15,24,32H,3-4H2,1-2H3/b25-23+/t24-/m1/s1. The van der Waals surface area contributed by atoms with E-state index in [1.54, 1.807) is 48.5 Å². The average Bonchev–Trinajstić information content (AvgIpc) is 3.43. The molecule has 0 saturated carbocycles. The van der Waals surface area contributed by atoms with Crippen molar-refractivity contribution in [3.8, 4) is 11.5 Å². The van der Waals surface area contributed by atoms with E-state index in [0.717, 1.165) is 4.70 Å². The summed E-state index contributed by atoms with van der Waals surface area (Å²) in [5.74, 6) is -0.488. The van der Waals surface area contributed by atoms with Crippen molar-refractivity contribution in [2.24, 2.45) is 0 Å². The number of aliphatic hydroxyl groups excluding tert-OH is 1. The topological polar surface area (TPSA) is 89.0 Å². The predicted octanol–water partition coefficient (Wildman–Crippen LogP) is 6.37. The van der Waals surface area contributed by atoms with Gasteiger partial charge in [-0.1, -0.05) is 35.1 Å². The molecule has 0 spiro atoms. The second-order valence-electron chi connectivity index (χ2n) is 8.24. The van der Waals surface area contributed by atoms with Gasteiger partial charge in [0.25, 0.3) is 5.78 Å². The van der Waals surface area contributed by atoms with E-state index in [-0.39, 0.29) is 11.3 Å². The first-order chi connectivity index (χ1) is 17.9. The van der Waals surface area contributed by atoms with E-state index >= 15 is 0 Å². The van der Waals surface area contributed by atoms with Crippen molar-refractivity contribution in [3.63, 3.8) is 0 Å². The zero-order chi connectivity index (χ0) is 26.1. The molecule has 9 heteroatoms. The highest BCUT2D eigenvalue weighted by Gasteiger charge is 2.48. The number of hydrogen-bond acceptors (Lipinski definition) is 7. The van der Waals surface area contributed by atoms with Crippen LogP contribution in [0.15, 0.2) is 72.3 Å². The zero-order valence-corrected chi connectivity index (χ0v) is 21.7. The molecular weight excluding hydrogens is 512 g/mol. The Bertz CT molecular complexity index is 1510. The van der Waals surface area contributed by atoms with Crippen molar-refractivity contribution >= 4 is 55.7 Å². The van der Waals surface area contributed by atoms with Gasteiger partial charge in [0, 0.05) is 10.6 Å². The number of aliphatic hydroxyl groups is 1. The molecule has 1 fully saturated rings. The molecule has 1 aliphatic rings. The van der Waals surface area contributed by atoms with Crippen LogP contribution < -0.4 is 14.4 Å². The summed E-state index contributed by atoms with van der Waals surface area (Å²) in [7, 11) is 0. The third-order valence-electron chi connectivity index (χ3n) is 5.93. The van der Waals surface area contributed by atoms with Gasteiger partial charge in [0.15, 0.2) is 5.13 Å². The van der Waals surface area contributed by atoms with Crippen LogP contribution in [0.25, 0.3) is 16.0 Å². The minimum Gasteiger partial charge on any atom is -0.507 e. The molecule has 2 heterocycles. The van der Waals surface area contributed by atoms with Crippen molar-refractivity contribution in [3.05, 3.63) is 88.5 Å². The van der Waals surface area contributed by atoms with Crippen molar-refractivity contribution in [1.29, 1.82) is 0 Å². The highest BCUT2D eigenvalue weighted by atomic mass is 35.5. The first-order valence-electron chi connectivity index (χ1n) is 11.7. The number of thiazole rings is 1. The summed E-state index contributed by atoms with van der Waals surface area (Å²) in [6, 6.07) is 18.1. The van der Waals surface area contributed by atoms with Gasteiger partial charge in [-0.15, -0.1) is 0 Å². The Labute approximate surface area is 222 Å². The first kappa shape index (κ1) is 24.8. The molecule has 5 rings (SSSR count). The molecule has 3 aromatic carbocycles. The van der Waals surface area contributed by atoms with Gasteiger partial charge >= 0.3 is 5.91 Å². The molecule has 1 amide bonds. The van der Waals surface area contributed by atoms with Crippen LogP contribution in [0.2, 0.25) is 5.02 Å². The van der Waals surface area contributed by atoms with Gasteiger partial charge in [0.1, 0.15) is 17.3 Å². The van der Waals surface area contributed by atoms with Crippen LogP contribution in [0.4, 0.5) is 5.13 Å². The van der Waals surface area contributed by atoms with Gasteiger partial charge in [-0.3, -0.25) is 14.5 Å². The highest BCUT2D eigenvalue weighted by molar-refractivity contribution is 7.22. The number of amides is 1. The molecule has 188 valence electrons. The number of Topliss-reactive ketones (excluding diaryl/α,β-unsaturated/α-hetero) is 1. The summed E-state index contributed by atoms with van der Waals surface area (Å²) in [6.45, 7) is 4.82. The summed E-state index contributed by atoms with van der Waals surface area (Å²) in [5, 5.41) is 12.1. The monoisotopic (exact) mass is 534 g/mol. The Hall–Kier alpha value is -3.88. The Morgan fingerprint density at radius 2 is 1.62 bits per heavy atom. The Kier molecular flexibility index (Phi) is 6.86. The van der Waals surface area contributed by atoms with E-state index in [4.69, 9.17) is 21.1 Å². The van der Waals surface area contributed by atoms with Crippen LogP contribution in [0.1, 0.15) is 31.0 Å². The Morgan fingerprint density at radius 3 is 2.30 bits per heavy atom. The first-order valence-corrected chi connectivity index (χ1v) is 12.9. The molecule has 1 saturated heterocycles. The molecule has 0 unspecified atom stereocenters. The number of rotatable bonds is 7. The molecule has 1 N–H and O–H groups in total. The lowest BCUT2D eigenvalue weighted by molar-refractivity contribution is -0.132. The lowest BCUT2D eigenvalue weighted by Crippen LogP contribution is -2.29. The summed E-state index contributed by atoms with van der Waals surface area (Å²) in [6.07, 6.45) is 0. The van der Waals surface area contributed by atoms with E-state index in [0.29, 0.717) is 51.5 Å². The number of fused-ring (bicyclic) bond motifs is 1. The number of benzene rings is 3. The zero-order valence-electron chi connectivity index (χ0n) is 20.1. The molecule has 1 aromatic heterocycles. The van der Waals surface area contributed by atoms with E-state index in [9.17, 15) is 14.7 Å². The summed E-state index contributed by atoms with van der Waals surface area (Å²) in [4.78, 5) is 32.8. The van der Waals surface area contributed by atoms with E-state index < -0.39 is 17.7 Å². The third-order valence-corrected chi connectivity index (χ3v) is 7.20. The molecular formula is C28H23ClN2O5S. The van der Waals surface area contributed by atoms with E-state index in [1.165, 1.54) is 16.2 Å². The second kappa shape index (κ2) is 10.2. The minimum absolute atomic E-state index is 0.0225. The molecule has 1 atom stereocenters. The normalized spacial score (nSPS) is 16.9. The number of nitrogens with zero attached hydrogens (tertiary/aromatic N) is 2. The van der Waals surface area contributed by atoms with E-state index in [1.807, 2.05) is 32.0 Å². The molecule has 37 heavy (non-hydrogen) atoms. The van der Waals surface area contributed by atoms with Crippen LogP contribution in [0.3, 0.4) is 0 Å². The molecule has 4 aromatic rings. The summed E-state index contributed by atoms with van der Waals surface area (Å²) >= 11 is 7.29. The van der Waals surface area contributed by atoms with Crippen molar-refractivity contribution in [2.75, 3.05) is 18.1 Å². The van der Waals surface area contributed by atoms with Crippen LogP contribution in [0.5, 0.6) is 11.5 Å². The SMILES string of the molecule is CCOc1ccc([C@@H]2/C(=C(\O)c3ccc(Cl)cc3)C(=O)C(=O)N2c2nc3ccc(OCC)cc3s2)cc1. The number of halogens is 1. The molecule has 7 nitrogen and oxygen atoms in total. The molecule has 0 radical (unpaired) electrons. The quantitative estimate of drug-likeness (QED) is 0.168. The number of aromatic nitrogens is 1. The maximum atomic E-state index is 13.4. The molecule has 1 aliphatic heterocycles. The number of ether oxygens (including phenoxy) is 2. The molecule has 0 bridgehead atoms. The summed E-state index contributed by atoms with van der Waals surface area (Å²) in [5.41, 5.74) is 1.66. The van der Waals surface area contributed by atoms with E-state index in [2.05, 4.69) is 4.98 Å². The van der Waals surface area contributed by atoms with Crippen molar-refractivity contribution in [2.45, 2.75) is 19.9 Å². The Morgan fingerprint density at radius 1 is 0.973 bits per heavy atom. The number of carbonyl (C=O) groups excluding carboxylic acids is 2.